The SMILES string of the molecule is CCOC(=O)C(N)=C(Oc1ccc([N+](=O)[O-])cc1)C(C)=N. The molecule has 3 N–H and O–H groups in total. The van der Waals surface area contributed by atoms with Crippen LogP contribution in [0.5, 0.6) is 5.75 Å². The standard InChI is InChI=1S/C13H15N3O5/c1-3-20-13(17)11(15)12(8(2)14)21-10-6-4-9(5-7-10)16(18)19/h4-7,14H,3,15H2,1-2H3. The molecule has 0 aliphatic carbocycles. The van der Waals surface area contributed by atoms with Gasteiger partial charge in [-0.25, -0.2) is 4.79 Å². The van der Waals surface area contributed by atoms with E-state index in [2.05, 4.69) is 0 Å². The van der Waals surface area contributed by atoms with Crippen LogP contribution in [-0.4, -0.2) is 23.2 Å². The van der Waals surface area contributed by atoms with Crippen molar-refractivity contribution in [3.05, 3.63) is 45.8 Å². The van der Waals surface area contributed by atoms with E-state index in [1.54, 1.807) is 6.92 Å². The predicted octanol–water partition coefficient (Wildman–Crippen LogP) is 1.75. The van der Waals surface area contributed by atoms with Crippen LogP contribution in [-0.2, 0) is 9.53 Å². The van der Waals surface area contributed by atoms with Crippen molar-refractivity contribution in [1.29, 1.82) is 5.41 Å². The van der Waals surface area contributed by atoms with Crippen molar-refractivity contribution in [2.75, 3.05) is 6.61 Å². The van der Waals surface area contributed by atoms with Gasteiger partial charge in [-0.15, -0.1) is 0 Å². The molecule has 0 aliphatic rings. The summed E-state index contributed by atoms with van der Waals surface area (Å²) in [6.07, 6.45) is 0. The average molecular weight is 293 g/mol. The second-order valence-corrected chi connectivity index (χ2v) is 3.94. The number of nitro groups is 1. The number of hydrogen-bond acceptors (Lipinski definition) is 7. The number of benzene rings is 1. The van der Waals surface area contributed by atoms with Crippen molar-refractivity contribution in [3.8, 4) is 5.75 Å². The van der Waals surface area contributed by atoms with Crippen molar-refractivity contribution in [2.24, 2.45) is 5.73 Å². The summed E-state index contributed by atoms with van der Waals surface area (Å²) in [5, 5.41) is 18.1. The fraction of sp³-hybridized carbons (Fsp3) is 0.231. The summed E-state index contributed by atoms with van der Waals surface area (Å²) in [6.45, 7) is 3.16. The molecular formula is C13H15N3O5. The maximum Gasteiger partial charge on any atom is 0.358 e. The Balaban J connectivity index is 3.03. The molecule has 0 spiro atoms. The molecule has 0 aliphatic heterocycles. The number of nitrogens with two attached hydrogens (primary N) is 1. The average Bonchev–Trinajstić information content (AvgIpc) is 2.44. The molecule has 0 unspecified atom stereocenters. The number of nitro benzene ring substituents is 1. The van der Waals surface area contributed by atoms with E-state index in [1.165, 1.54) is 31.2 Å². The van der Waals surface area contributed by atoms with E-state index in [4.69, 9.17) is 20.6 Å². The second-order valence-electron chi connectivity index (χ2n) is 3.94. The third-order valence-electron chi connectivity index (χ3n) is 2.35. The molecular weight excluding hydrogens is 278 g/mol. The molecule has 21 heavy (non-hydrogen) atoms. The Kier molecular flexibility index (Phi) is 5.41. The van der Waals surface area contributed by atoms with E-state index < -0.39 is 10.9 Å². The first-order chi connectivity index (χ1) is 9.86. The van der Waals surface area contributed by atoms with Gasteiger partial charge in [-0.1, -0.05) is 0 Å². The summed E-state index contributed by atoms with van der Waals surface area (Å²) in [5.41, 5.74) is 5.10. The summed E-state index contributed by atoms with van der Waals surface area (Å²) in [6, 6.07) is 5.18. The number of esters is 1. The van der Waals surface area contributed by atoms with Crippen LogP contribution >= 0.6 is 0 Å². The zero-order valence-corrected chi connectivity index (χ0v) is 11.6. The highest BCUT2D eigenvalue weighted by Crippen LogP contribution is 2.20. The van der Waals surface area contributed by atoms with Crippen LogP contribution in [0, 0.1) is 15.5 Å². The molecule has 0 saturated carbocycles. The Morgan fingerprint density at radius 1 is 1.38 bits per heavy atom. The van der Waals surface area contributed by atoms with Gasteiger partial charge >= 0.3 is 5.97 Å². The topological polar surface area (TPSA) is 129 Å². The summed E-state index contributed by atoms with van der Waals surface area (Å²) >= 11 is 0. The van der Waals surface area contributed by atoms with Crippen LogP contribution in [0.2, 0.25) is 0 Å². The van der Waals surface area contributed by atoms with Gasteiger partial charge in [0.05, 0.1) is 17.2 Å². The van der Waals surface area contributed by atoms with Gasteiger partial charge in [0.25, 0.3) is 5.69 Å². The minimum atomic E-state index is -0.791. The highest BCUT2D eigenvalue weighted by Gasteiger charge is 2.17. The lowest BCUT2D eigenvalue weighted by molar-refractivity contribution is -0.384. The monoisotopic (exact) mass is 293 g/mol. The first-order valence-electron chi connectivity index (χ1n) is 6.01. The molecule has 1 aromatic rings. The van der Waals surface area contributed by atoms with Gasteiger partial charge in [-0.05, 0) is 26.0 Å². The van der Waals surface area contributed by atoms with Crippen LogP contribution in [0.4, 0.5) is 5.69 Å². The fourth-order valence-corrected chi connectivity index (χ4v) is 1.39. The number of carbonyl (C=O) groups is 1. The molecule has 112 valence electrons. The number of nitrogens with zero attached hydrogens (tertiary/aromatic N) is 1. The molecule has 0 bridgehead atoms. The van der Waals surface area contributed by atoms with Crippen LogP contribution < -0.4 is 10.5 Å². The Labute approximate surface area is 120 Å². The quantitative estimate of drug-likeness (QED) is 0.205. The van der Waals surface area contributed by atoms with Gasteiger partial charge in [-0.2, -0.15) is 0 Å². The van der Waals surface area contributed by atoms with Crippen LogP contribution in [0.1, 0.15) is 13.8 Å². The van der Waals surface area contributed by atoms with E-state index in [0.29, 0.717) is 0 Å². The van der Waals surface area contributed by atoms with E-state index in [9.17, 15) is 14.9 Å². The molecule has 1 rings (SSSR count). The number of nitrogens with one attached hydrogen (secondary N) is 1. The Bertz CT molecular complexity index is 592. The highest BCUT2D eigenvalue weighted by atomic mass is 16.6. The Hall–Kier alpha value is -2.90. The zero-order valence-electron chi connectivity index (χ0n) is 11.6. The summed E-state index contributed by atoms with van der Waals surface area (Å²) in [5.74, 6) is -0.724. The molecule has 0 fully saturated rings. The molecule has 0 heterocycles. The molecule has 8 nitrogen and oxygen atoms in total. The van der Waals surface area contributed by atoms with Crippen LogP contribution in [0.3, 0.4) is 0 Å². The number of carbonyl (C=O) groups excluding carboxylic acids is 1. The fourth-order valence-electron chi connectivity index (χ4n) is 1.39. The smallest absolute Gasteiger partial charge is 0.358 e. The maximum absolute atomic E-state index is 11.6. The second kappa shape index (κ2) is 7.04. The van der Waals surface area contributed by atoms with Gasteiger partial charge in [-0.3, -0.25) is 10.1 Å². The number of allylic oxidation sites excluding steroid dienone is 1. The molecule has 0 atom stereocenters. The Morgan fingerprint density at radius 3 is 2.38 bits per heavy atom. The molecule has 1 aromatic carbocycles. The number of hydrogen-bond donors (Lipinski definition) is 2. The summed E-state index contributed by atoms with van der Waals surface area (Å²) < 4.78 is 10.1. The van der Waals surface area contributed by atoms with Gasteiger partial charge in [0, 0.05) is 12.1 Å². The molecule has 0 saturated heterocycles. The first kappa shape index (κ1) is 16.2. The lowest BCUT2D eigenvalue weighted by Crippen LogP contribution is -2.22. The number of ether oxygens (including phenoxy) is 2. The predicted molar refractivity (Wildman–Crippen MR) is 75.0 cm³/mol. The van der Waals surface area contributed by atoms with E-state index in [0.717, 1.165) is 0 Å². The lowest BCUT2D eigenvalue weighted by Gasteiger charge is -2.11. The van der Waals surface area contributed by atoms with Crippen molar-refractivity contribution < 1.29 is 19.2 Å². The summed E-state index contributed by atoms with van der Waals surface area (Å²) in [4.78, 5) is 21.6. The van der Waals surface area contributed by atoms with Gasteiger partial charge in [0.1, 0.15) is 5.75 Å². The van der Waals surface area contributed by atoms with Crippen molar-refractivity contribution in [1.82, 2.24) is 0 Å². The van der Waals surface area contributed by atoms with Gasteiger partial charge in [0.2, 0.25) is 0 Å². The normalized spacial score (nSPS) is 11.3. The number of non-ortho nitro benzene ring substituents is 1. The maximum atomic E-state index is 11.6. The third-order valence-corrected chi connectivity index (χ3v) is 2.35. The van der Waals surface area contributed by atoms with E-state index >= 15 is 0 Å². The highest BCUT2D eigenvalue weighted by molar-refractivity contribution is 6.02. The van der Waals surface area contributed by atoms with Crippen molar-refractivity contribution >= 4 is 17.4 Å². The zero-order chi connectivity index (χ0) is 16.0. The summed E-state index contributed by atoms with van der Waals surface area (Å²) in [7, 11) is 0. The largest absolute Gasteiger partial charge is 0.461 e. The van der Waals surface area contributed by atoms with E-state index in [-0.39, 0.29) is 35.2 Å². The van der Waals surface area contributed by atoms with Crippen LogP contribution in [0.25, 0.3) is 0 Å². The minimum absolute atomic E-state index is 0.0705. The minimum Gasteiger partial charge on any atom is -0.461 e. The van der Waals surface area contributed by atoms with Crippen molar-refractivity contribution in [2.45, 2.75) is 13.8 Å². The third kappa shape index (κ3) is 4.30. The molecule has 0 aromatic heterocycles. The van der Waals surface area contributed by atoms with E-state index in [1.807, 2.05) is 0 Å². The Morgan fingerprint density at radius 2 is 1.95 bits per heavy atom. The van der Waals surface area contributed by atoms with Gasteiger partial charge < -0.3 is 20.6 Å². The molecule has 0 amide bonds. The molecule has 0 radical (unpaired) electrons. The molecule has 8 heteroatoms. The van der Waals surface area contributed by atoms with Crippen LogP contribution in [0.15, 0.2) is 35.7 Å². The number of rotatable bonds is 6. The van der Waals surface area contributed by atoms with Crippen molar-refractivity contribution in [3.63, 3.8) is 0 Å². The first-order valence-corrected chi connectivity index (χ1v) is 6.01. The lowest BCUT2D eigenvalue weighted by atomic mass is 10.2. The van der Waals surface area contributed by atoms with Gasteiger partial charge in [0.15, 0.2) is 11.5 Å².